The van der Waals surface area contributed by atoms with Crippen LogP contribution in [0.4, 0.5) is 0 Å². The lowest BCUT2D eigenvalue weighted by Crippen LogP contribution is -2.35. The summed E-state index contributed by atoms with van der Waals surface area (Å²) in [5, 5.41) is 10.4. The topological polar surface area (TPSA) is 38.0 Å². The zero-order chi connectivity index (χ0) is 14.3. The molecule has 1 aliphatic carbocycles. The average molecular weight is 272 g/mol. The van der Waals surface area contributed by atoms with Gasteiger partial charge in [0.05, 0.1) is 29.5 Å². The number of hydrogen-bond donors (Lipinski definition) is 1. The Hall–Kier alpha value is -1.35. The molecule has 0 aliphatic heterocycles. The second kappa shape index (κ2) is 4.88. The van der Waals surface area contributed by atoms with Gasteiger partial charge in [-0.3, -0.25) is 0 Å². The number of aliphatic hydroxyl groups is 1. The molecule has 1 aromatic heterocycles. The lowest BCUT2D eigenvalue weighted by molar-refractivity contribution is 0.0268. The Kier molecular flexibility index (Phi) is 3.33. The molecular weight excluding hydrogens is 248 g/mol. The van der Waals surface area contributed by atoms with Crippen molar-refractivity contribution < 1.29 is 5.11 Å². The van der Waals surface area contributed by atoms with Crippen molar-refractivity contribution in [3.8, 4) is 0 Å². The number of nitrogens with zero attached hydrogens (tertiary/aromatic N) is 2. The molecule has 3 nitrogen and oxygen atoms in total. The van der Waals surface area contributed by atoms with Gasteiger partial charge in [0, 0.05) is 0 Å². The molecule has 3 rings (SSSR count). The van der Waals surface area contributed by atoms with Crippen molar-refractivity contribution in [3.05, 3.63) is 30.6 Å². The van der Waals surface area contributed by atoms with Crippen molar-refractivity contribution in [1.29, 1.82) is 0 Å². The van der Waals surface area contributed by atoms with Crippen LogP contribution in [-0.2, 0) is 0 Å². The van der Waals surface area contributed by atoms with Gasteiger partial charge in [-0.1, -0.05) is 32.9 Å². The lowest BCUT2D eigenvalue weighted by atomic mass is 9.70. The van der Waals surface area contributed by atoms with Gasteiger partial charge in [-0.05, 0) is 42.7 Å². The van der Waals surface area contributed by atoms with E-state index in [0.29, 0.717) is 11.3 Å². The van der Waals surface area contributed by atoms with Gasteiger partial charge in [0.2, 0.25) is 0 Å². The summed E-state index contributed by atoms with van der Waals surface area (Å²) in [4.78, 5) is 4.47. The Labute approximate surface area is 120 Å². The summed E-state index contributed by atoms with van der Waals surface area (Å²) in [6, 6.07) is 8.32. The normalized spacial score (nSPS) is 27.9. The third-order valence-electron chi connectivity index (χ3n) is 4.84. The second-order valence-electron chi connectivity index (χ2n) is 7.15. The highest BCUT2D eigenvalue weighted by molar-refractivity contribution is 5.75. The molecule has 1 saturated carbocycles. The molecule has 1 fully saturated rings. The van der Waals surface area contributed by atoms with Crippen LogP contribution in [0, 0.1) is 11.3 Å². The van der Waals surface area contributed by atoms with Crippen LogP contribution in [-0.4, -0.2) is 20.8 Å². The molecular formula is C17H24N2O. The van der Waals surface area contributed by atoms with E-state index in [9.17, 15) is 5.11 Å². The average Bonchev–Trinajstić information content (AvgIpc) is 2.82. The van der Waals surface area contributed by atoms with E-state index in [1.54, 1.807) is 0 Å². The first-order valence-electron chi connectivity index (χ1n) is 7.56. The summed E-state index contributed by atoms with van der Waals surface area (Å²) in [6.45, 7) is 6.91. The number of benzene rings is 1. The molecule has 20 heavy (non-hydrogen) atoms. The lowest BCUT2D eigenvalue weighted by Gasteiger charge is -2.40. The summed E-state index contributed by atoms with van der Waals surface area (Å²) in [6.07, 6.45) is 4.67. The minimum atomic E-state index is -0.258. The molecule has 0 radical (unpaired) electrons. The van der Waals surface area contributed by atoms with E-state index >= 15 is 0 Å². The van der Waals surface area contributed by atoms with Crippen LogP contribution in [0.3, 0.4) is 0 Å². The number of para-hydroxylation sites is 2. The Morgan fingerprint density at radius 3 is 2.70 bits per heavy atom. The molecule has 3 unspecified atom stereocenters. The number of imidazole rings is 1. The van der Waals surface area contributed by atoms with Gasteiger partial charge in [-0.2, -0.15) is 0 Å². The van der Waals surface area contributed by atoms with Gasteiger partial charge < -0.3 is 9.67 Å². The Balaban J connectivity index is 1.95. The van der Waals surface area contributed by atoms with Gasteiger partial charge >= 0.3 is 0 Å². The van der Waals surface area contributed by atoms with E-state index in [1.807, 2.05) is 24.5 Å². The van der Waals surface area contributed by atoms with Crippen LogP contribution in [0.25, 0.3) is 11.0 Å². The van der Waals surface area contributed by atoms with E-state index in [0.717, 1.165) is 30.3 Å². The highest BCUT2D eigenvalue weighted by Gasteiger charge is 2.36. The van der Waals surface area contributed by atoms with Crippen molar-refractivity contribution in [1.82, 2.24) is 9.55 Å². The molecule has 1 N–H and O–H groups in total. The van der Waals surface area contributed by atoms with Crippen LogP contribution in [0.15, 0.2) is 30.6 Å². The van der Waals surface area contributed by atoms with Crippen LogP contribution in [0.5, 0.6) is 0 Å². The van der Waals surface area contributed by atoms with E-state index in [1.165, 1.54) is 0 Å². The Bertz CT molecular complexity index is 596. The predicted molar refractivity (Wildman–Crippen MR) is 81.6 cm³/mol. The maximum absolute atomic E-state index is 10.4. The van der Waals surface area contributed by atoms with Crippen LogP contribution in [0.2, 0.25) is 0 Å². The minimum Gasteiger partial charge on any atom is -0.391 e. The highest BCUT2D eigenvalue weighted by atomic mass is 16.3. The molecule has 2 aromatic rings. The third kappa shape index (κ3) is 2.35. The number of rotatable bonds is 1. The van der Waals surface area contributed by atoms with Gasteiger partial charge in [0.1, 0.15) is 0 Å². The van der Waals surface area contributed by atoms with E-state index in [4.69, 9.17) is 0 Å². The van der Waals surface area contributed by atoms with Gasteiger partial charge in [-0.15, -0.1) is 0 Å². The first-order chi connectivity index (χ1) is 9.47. The fourth-order valence-corrected chi connectivity index (χ4v) is 3.46. The number of aromatic nitrogens is 2. The molecule has 1 heterocycles. The Morgan fingerprint density at radius 1 is 1.20 bits per heavy atom. The first kappa shape index (κ1) is 13.6. The summed E-state index contributed by atoms with van der Waals surface area (Å²) in [5.74, 6) is 0.650. The monoisotopic (exact) mass is 272 g/mol. The van der Waals surface area contributed by atoms with Crippen molar-refractivity contribution in [2.24, 2.45) is 11.3 Å². The number of hydrogen-bond acceptors (Lipinski definition) is 2. The number of aliphatic hydroxyl groups excluding tert-OH is 1. The number of fused-ring (bicyclic) bond motifs is 1. The van der Waals surface area contributed by atoms with Gasteiger partial charge in [0.25, 0.3) is 0 Å². The summed E-state index contributed by atoms with van der Waals surface area (Å²) in [7, 11) is 0. The van der Waals surface area contributed by atoms with Crippen molar-refractivity contribution in [2.45, 2.75) is 52.2 Å². The fourth-order valence-electron chi connectivity index (χ4n) is 3.46. The van der Waals surface area contributed by atoms with Crippen molar-refractivity contribution in [2.75, 3.05) is 0 Å². The second-order valence-corrected chi connectivity index (χ2v) is 7.15. The largest absolute Gasteiger partial charge is 0.391 e. The van der Waals surface area contributed by atoms with Crippen LogP contribution < -0.4 is 0 Å². The third-order valence-corrected chi connectivity index (χ3v) is 4.84. The molecule has 0 amide bonds. The highest BCUT2D eigenvalue weighted by Crippen LogP contribution is 2.42. The summed E-state index contributed by atoms with van der Waals surface area (Å²) >= 11 is 0. The SMILES string of the molecule is CC(C)(C)C1CCC(O)C(n2cnc3ccccc32)C1. The molecule has 108 valence electrons. The fraction of sp³-hybridized carbons (Fsp3) is 0.588. The van der Waals surface area contributed by atoms with Gasteiger partial charge in [0.15, 0.2) is 0 Å². The van der Waals surface area contributed by atoms with Gasteiger partial charge in [-0.25, -0.2) is 4.98 Å². The summed E-state index contributed by atoms with van der Waals surface area (Å²) in [5.41, 5.74) is 2.44. The minimum absolute atomic E-state index is 0.153. The van der Waals surface area contributed by atoms with E-state index in [2.05, 4.69) is 36.4 Å². The molecule has 1 aromatic carbocycles. The first-order valence-corrected chi connectivity index (χ1v) is 7.56. The molecule has 0 saturated heterocycles. The van der Waals surface area contributed by atoms with Crippen molar-refractivity contribution >= 4 is 11.0 Å². The predicted octanol–water partition coefficient (Wildman–Crippen LogP) is 3.78. The molecule has 1 aliphatic rings. The maximum atomic E-state index is 10.4. The molecule has 0 bridgehead atoms. The molecule has 3 heteroatoms. The summed E-state index contributed by atoms with van der Waals surface area (Å²) < 4.78 is 2.18. The maximum Gasteiger partial charge on any atom is 0.0961 e. The van der Waals surface area contributed by atoms with Crippen LogP contribution in [0.1, 0.15) is 46.1 Å². The molecule has 0 spiro atoms. The molecule has 3 atom stereocenters. The van der Waals surface area contributed by atoms with E-state index in [-0.39, 0.29) is 12.1 Å². The Morgan fingerprint density at radius 2 is 1.95 bits per heavy atom. The smallest absolute Gasteiger partial charge is 0.0961 e. The standard InChI is InChI=1S/C17H24N2O/c1-17(2,3)12-8-9-16(20)15(10-12)19-11-18-13-6-4-5-7-14(13)19/h4-7,11-12,15-16,20H,8-10H2,1-3H3. The van der Waals surface area contributed by atoms with E-state index < -0.39 is 0 Å². The zero-order valence-corrected chi connectivity index (χ0v) is 12.6. The zero-order valence-electron chi connectivity index (χ0n) is 12.6. The van der Waals surface area contributed by atoms with Crippen LogP contribution >= 0.6 is 0 Å². The quantitative estimate of drug-likeness (QED) is 0.857. The van der Waals surface area contributed by atoms with Crippen molar-refractivity contribution in [3.63, 3.8) is 0 Å².